The van der Waals surface area contributed by atoms with Crippen molar-refractivity contribution in [2.45, 2.75) is 34.6 Å². The summed E-state index contributed by atoms with van der Waals surface area (Å²) in [6, 6.07) is 6.13. The molecule has 0 saturated heterocycles. The van der Waals surface area contributed by atoms with Gasteiger partial charge in [0.2, 0.25) is 0 Å². The van der Waals surface area contributed by atoms with Gasteiger partial charge in [0, 0.05) is 6.08 Å². The molecule has 2 nitrogen and oxygen atoms in total. The first-order chi connectivity index (χ1) is 7.71. The highest BCUT2D eigenvalue weighted by Gasteiger charge is 2.21. The number of rotatable bonds is 2. The van der Waals surface area contributed by atoms with E-state index in [4.69, 9.17) is 5.11 Å². The van der Waals surface area contributed by atoms with Crippen molar-refractivity contribution in [3.05, 3.63) is 41.0 Å². The van der Waals surface area contributed by atoms with Crippen LogP contribution in [0.4, 0.5) is 0 Å². The first-order valence-corrected chi connectivity index (χ1v) is 5.74. The first-order valence-electron chi connectivity index (χ1n) is 5.74. The number of carboxylic acids is 1. The molecule has 0 aliphatic rings. The van der Waals surface area contributed by atoms with Gasteiger partial charge in [-0.05, 0) is 36.0 Å². The molecule has 0 radical (unpaired) electrons. The molecule has 0 bridgehead atoms. The maximum absolute atomic E-state index is 10.9. The number of aryl methyl sites for hydroxylation is 2. The molecular formula is C15H20O2. The molecule has 1 rings (SSSR count). The molecule has 0 aliphatic carbocycles. The van der Waals surface area contributed by atoms with Gasteiger partial charge in [0.15, 0.2) is 0 Å². The Bertz CT molecular complexity index is 462. The van der Waals surface area contributed by atoms with Crippen LogP contribution in [0.15, 0.2) is 24.3 Å². The minimum atomic E-state index is -0.893. The third-order valence-electron chi connectivity index (χ3n) is 2.76. The van der Waals surface area contributed by atoms with Gasteiger partial charge in [-0.25, -0.2) is 4.79 Å². The summed E-state index contributed by atoms with van der Waals surface area (Å²) in [5.41, 5.74) is 3.96. The standard InChI is InChI=1S/C15H20O2/c1-10-6-7-11(2)12(8-10)13(9-14(16)17)15(3,4)5/h6-9H,1-5H3,(H,16,17)/b13-9-. The zero-order chi connectivity index (χ0) is 13.2. The Morgan fingerprint density at radius 2 is 1.82 bits per heavy atom. The Morgan fingerprint density at radius 3 is 2.29 bits per heavy atom. The monoisotopic (exact) mass is 232 g/mol. The maximum Gasteiger partial charge on any atom is 0.328 e. The Balaban J connectivity index is 3.43. The zero-order valence-corrected chi connectivity index (χ0v) is 11.2. The highest BCUT2D eigenvalue weighted by Crippen LogP contribution is 2.35. The molecule has 0 amide bonds. The summed E-state index contributed by atoms with van der Waals surface area (Å²) >= 11 is 0. The quantitative estimate of drug-likeness (QED) is 0.787. The predicted molar refractivity (Wildman–Crippen MR) is 71.0 cm³/mol. The van der Waals surface area contributed by atoms with E-state index in [1.165, 1.54) is 6.08 Å². The fourth-order valence-electron chi connectivity index (χ4n) is 1.85. The molecule has 1 N–H and O–H groups in total. The van der Waals surface area contributed by atoms with Gasteiger partial charge in [-0.3, -0.25) is 0 Å². The van der Waals surface area contributed by atoms with Crippen LogP contribution in [0.3, 0.4) is 0 Å². The summed E-state index contributed by atoms with van der Waals surface area (Å²) < 4.78 is 0. The lowest BCUT2D eigenvalue weighted by atomic mass is 9.80. The van der Waals surface area contributed by atoms with Crippen LogP contribution < -0.4 is 0 Å². The third-order valence-corrected chi connectivity index (χ3v) is 2.76. The summed E-state index contributed by atoms with van der Waals surface area (Å²) in [7, 11) is 0. The van der Waals surface area contributed by atoms with Crippen molar-refractivity contribution in [2.75, 3.05) is 0 Å². The molecule has 0 unspecified atom stereocenters. The average Bonchev–Trinajstić information content (AvgIpc) is 2.16. The van der Waals surface area contributed by atoms with Crippen molar-refractivity contribution in [1.29, 1.82) is 0 Å². The molecule has 0 saturated carbocycles. The normalized spacial score (nSPS) is 12.6. The molecular weight excluding hydrogens is 212 g/mol. The Labute approximate surface area is 103 Å². The van der Waals surface area contributed by atoms with Gasteiger partial charge in [0.1, 0.15) is 0 Å². The van der Waals surface area contributed by atoms with E-state index in [0.29, 0.717) is 0 Å². The molecule has 0 spiro atoms. The molecule has 0 aromatic heterocycles. The summed E-state index contributed by atoms with van der Waals surface area (Å²) in [5.74, 6) is -0.893. The van der Waals surface area contributed by atoms with Crippen molar-refractivity contribution in [3.8, 4) is 0 Å². The second-order valence-electron chi connectivity index (χ2n) is 5.46. The van der Waals surface area contributed by atoms with E-state index in [0.717, 1.165) is 22.3 Å². The van der Waals surface area contributed by atoms with Gasteiger partial charge < -0.3 is 5.11 Å². The largest absolute Gasteiger partial charge is 0.478 e. The summed E-state index contributed by atoms with van der Waals surface area (Å²) in [6.45, 7) is 10.1. The number of benzene rings is 1. The minimum Gasteiger partial charge on any atom is -0.478 e. The van der Waals surface area contributed by atoms with Gasteiger partial charge in [0.05, 0.1) is 0 Å². The second-order valence-corrected chi connectivity index (χ2v) is 5.46. The van der Waals surface area contributed by atoms with Crippen LogP contribution in [0.25, 0.3) is 5.57 Å². The van der Waals surface area contributed by atoms with Crippen LogP contribution in [0.1, 0.15) is 37.5 Å². The van der Waals surface area contributed by atoms with E-state index in [1.807, 2.05) is 46.8 Å². The molecule has 1 aromatic carbocycles. The van der Waals surface area contributed by atoms with E-state index in [2.05, 4.69) is 6.07 Å². The smallest absolute Gasteiger partial charge is 0.328 e. The second kappa shape index (κ2) is 4.74. The lowest BCUT2D eigenvalue weighted by Crippen LogP contribution is -2.11. The number of hydrogen-bond acceptors (Lipinski definition) is 1. The van der Waals surface area contributed by atoms with Crippen LogP contribution >= 0.6 is 0 Å². The van der Waals surface area contributed by atoms with Crippen molar-refractivity contribution < 1.29 is 9.90 Å². The molecule has 0 heterocycles. The van der Waals surface area contributed by atoms with E-state index in [1.54, 1.807) is 0 Å². The average molecular weight is 232 g/mol. The van der Waals surface area contributed by atoms with Gasteiger partial charge >= 0.3 is 5.97 Å². The van der Waals surface area contributed by atoms with Gasteiger partial charge in [-0.2, -0.15) is 0 Å². The molecule has 92 valence electrons. The number of hydrogen-bond donors (Lipinski definition) is 1. The highest BCUT2D eigenvalue weighted by atomic mass is 16.4. The lowest BCUT2D eigenvalue weighted by Gasteiger charge is -2.24. The van der Waals surface area contributed by atoms with E-state index < -0.39 is 5.97 Å². The van der Waals surface area contributed by atoms with E-state index >= 15 is 0 Å². The van der Waals surface area contributed by atoms with Crippen molar-refractivity contribution in [3.63, 3.8) is 0 Å². The Kier molecular flexibility index (Phi) is 3.76. The predicted octanol–water partition coefficient (Wildman–Crippen LogP) is 3.82. The van der Waals surface area contributed by atoms with Crippen molar-refractivity contribution in [1.82, 2.24) is 0 Å². The number of allylic oxidation sites excluding steroid dienone is 1. The highest BCUT2D eigenvalue weighted by molar-refractivity contribution is 5.91. The van der Waals surface area contributed by atoms with Crippen LogP contribution in [-0.4, -0.2) is 11.1 Å². The molecule has 17 heavy (non-hydrogen) atoms. The van der Waals surface area contributed by atoms with E-state index in [-0.39, 0.29) is 5.41 Å². The van der Waals surface area contributed by atoms with Crippen LogP contribution in [0, 0.1) is 19.3 Å². The molecule has 1 aromatic rings. The lowest BCUT2D eigenvalue weighted by molar-refractivity contribution is -0.131. The maximum atomic E-state index is 10.9. The number of aliphatic carboxylic acids is 1. The first kappa shape index (κ1) is 13.5. The van der Waals surface area contributed by atoms with Gasteiger partial charge in [-0.1, -0.05) is 44.5 Å². The van der Waals surface area contributed by atoms with Crippen molar-refractivity contribution >= 4 is 11.5 Å². The SMILES string of the molecule is Cc1ccc(C)c(/C(=C/C(=O)O)C(C)(C)C)c1. The molecule has 0 fully saturated rings. The Morgan fingerprint density at radius 1 is 1.24 bits per heavy atom. The van der Waals surface area contributed by atoms with Crippen LogP contribution in [-0.2, 0) is 4.79 Å². The fraction of sp³-hybridized carbons (Fsp3) is 0.400. The molecule has 0 atom stereocenters. The zero-order valence-electron chi connectivity index (χ0n) is 11.2. The van der Waals surface area contributed by atoms with Gasteiger partial charge in [0.25, 0.3) is 0 Å². The van der Waals surface area contributed by atoms with Crippen LogP contribution in [0.2, 0.25) is 0 Å². The summed E-state index contributed by atoms with van der Waals surface area (Å²) in [4.78, 5) is 10.9. The molecule has 2 heteroatoms. The minimum absolute atomic E-state index is 0.184. The van der Waals surface area contributed by atoms with Gasteiger partial charge in [-0.15, -0.1) is 0 Å². The number of carboxylic acid groups (broad SMARTS) is 1. The van der Waals surface area contributed by atoms with Crippen LogP contribution in [0.5, 0.6) is 0 Å². The molecule has 0 aliphatic heterocycles. The van der Waals surface area contributed by atoms with Crippen molar-refractivity contribution in [2.24, 2.45) is 5.41 Å². The topological polar surface area (TPSA) is 37.3 Å². The third kappa shape index (κ3) is 3.45. The number of carbonyl (C=O) groups is 1. The fourth-order valence-corrected chi connectivity index (χ4v) is 1.85. The van der Waals surface area contributed by atoms with E-state index in [9.17, 15) is 4.79 Å². The summed E-state index contributed by atoms with van der Waals surface area (Å²) in [5, 5.41) is 8.99. The summed E-state index contributed by atoms with van der Waals surface area (Å²) in [6.07, 6.45) is 1.32. The Hall–Kier alpha value is -1.57.